The predicted octanol–water partition coefficient (Wildman–Crippen LogP) is -0.203. The molecule has 1 saturated heterocycles. The first-order chi connectivity index (χ1) is 6.79. The number of aliphatic hydroxyl groups excluding tert-OH is 1. The Morgan fingerprint density at radius 1 is 1.60 bits per heavy atom. The maximum Gasteiger partial charge on any atom is 0.408 e. The van der Waals surface area contributed by atoms with Crippen LogP contribution in [-0.4, -0.2) is 41.5 Å². The summed E-state index contributed by atoms with van der Waals surface area (Å²) in [6.45, 7) is 5.14. The number of amides is 1. The average Bonchev–Trinajstić information content (AvgIpc) is 2.32. The quantitative estimate of drug-likeness (QED) is 0.594. The SMILES string of the molecule is CC(C)(C)OC(=O)NC1COC(=O)C1O. The number of carbonyl (C=O) groups excluding carboxylic acids is 2. The predicted molar refractivity (Wildman–Crippen MR) is 50.1 cm³/mol. The van der Waals surface area contributed by atoms with Crippen molar-refractivity contribution in [3.63, 3.8) is 0 Å². The van der Waals surface area contributed by atoms with Crippen molar-refractivity contribution in [3.8, 4) is 0 Å². The van der Waals surface area contributed by atoms with Gasteiger partial charge in [0.05, 0.1) is 0 Å². The lowest BCUT2D eigenvalue weighted by molar-refractivity contribution is -0.144. The first-order valence-corrected chi connectivity index (χ1v) is 4.64. The number of cyclic esters (lactones) is 1. The number of carbonyl (C=O) groups is 2. The number of esters is 1. The van der Waals surface area contributed by atoms with E-state index >= 15 is 0 Å². The minimum atomic E-state index is -1.31. The van der Waals surface area contributed by atoms with Crippen LogP contribution in [0, 0.1) is 0 Å². The zero-order valence-corrected chi connectivity index (χ0v) is 8.94. The molecule has 86 valence electrons. The number of hydrogen-bond acceptors (Lipinski definition) is 5. The molecule has 0 radical (unpaired) electrons. The first-order valence-electron chi connectivity index (χ1n) is 4.64. The molecule has 6 heteroatoms. The van der Waals surface area contributed by atoms with Crippen molar-refractivity contribution in [2.24, 2.45) is 0 Å². The molecular weight excluding hydrogens is 202 g/mol. The van der Waals surface area contributed by atoms with Crippen LogP contribution in [0.15, 0.2) is 0 Å². The monoisotopic (exact) mass is 217 g/mol. The molecule has 1 heterocycles. The molecule has 1 fully saturated rings. The Bertz CT molecular complexity index is 270. The fourth-order valence-electron chi connectivity index (χ4n) is 1.09. The van der Waals surface area contributed by atoms with Gasteiger partial charge in [0.2, 0.25) is 0 Å². The highest BCUT2D eigenvalue weighted by molar-refractivity contribution is 5.79. The van der Waals surface area contributed by atoms with Crippen LogP contribution in [0.3, 0.4) is 0 Å². The molecule has 0 spiro atoms. The van der Waals surface area contributed by atoms with E-state index in [1.165, 1.54) is 0 Å². The molecule has 15 heavy (non-hydrogen) atoms. The number of nitrogens with one attached hydrogen (secondary N) is 1. The van der Waals surface area contributed by atoms with Crippen molar-refractivity contribution in [3.05, 3.63) is 0 Å². The van der Waals surface area contributed by atoms with Crippen LogP contribution >= 0.6 is 0 Å². The standard InChI is InChI=1S/C9H15NO5/c1-9(2,3)15-8(13)10-5-4-14-7(12)6(5)11/h5-6,11H,4H2,1-3H3,(H,10,13). The number of hydrogen-bond donors (Lipinski definition) is 2. The van der Waals surface area contributed by atoms with E-state index < -0.39 is 29.8 Å². The summed E-state index contributed by atoms with van der Waals surface area (Å²) in [5, 5.41) is 11.6. The van der Waals surface area contributed by atoms with Gasteiger partial charge in [0.25, 0.3) is 0 Å². The van der Waals surface area contributed by atoms with Crippen LogP contribution in [0.25, 0.3) is 0 Å². The van der Waals surface area contributed by atoms with Gasteiger partial charge in [0, 0.05) is 0 Å². The zero-order chi connectivity index (χ0) is 11.6. The van der Waals surface area contributed by atoms with E-state index in [2.05, 4.69) is 10.1 Å². The van der Waals surface area contributed by atoms with Gasteiger partial charge >= 0.3 is 12.1 Å². The maximum atomic E-state index is 11.3. The maximum absolute atomic E-state index is 11.3. The minimum Gasteiger partial charge on any atom is -0.461 e. The van der Waals surface area contributed by atoms with Gasteiger partial charge in [-0.3, -0.25) is 0 Å². The van der Waals surface area contributed by atoms with Gasteiger partial charge in [-0.25, -0.2) is 9.59 Å². The Balaban J connectivity index is 2.42. The molecule has 0 aromatic rings. The topological polar surface area (TPSA) is 84.9 Å². The molecule has 1 aliphatic rings. The zero-order valence-electron chi connectivity index (χ0n) is 8.94. The van der Waals surface area contributed by atoms with Crippen LogP contribution in [0.5, 0.6) is 0 Å². The van der Waals surface area contributed by atoms with Gasteiger partial charge in [-0.05, 0) is 20.8 Å². The number of ether oxygens (including phenoxy) is 2. The minimum absolute atomic E-state index is 0.0285. The fraction of sp³-hybridized carbons (Fsp3) is 0.778. The molecular formula is C9H15NO5. The second-order valence-corrected chi connectivity index (χ2v) is 4.33. The number of rotatable bonds is 1. The van der Waals surface area contributed by atoms with Gasteiger partial charge in [-0.15, -0.1) is 0 Å². The molecule has 2 atom stereocenters. The lowest BCUT2D eigenvalue weighted by Gasteiger charge is -2.21. The summed E-state index contributed by atoms with van der Waals surface area (Å²) in [7, 11) is 0. The smallest absolute Gasteiger partial charge is 0.408 e. The van der Waals surface area contributed by atoms with Gasteiger partial charge in [-0.2, -0.15) is 0 Å². The molecule has 0 saturated carbocycles. The lowest BCUT2D eigenvalue weighted by atomic mass is 10.2. The third-order valence-electron chi connectivity index (χ3n) is 1.73. The van der Waals surface area contributed by atoms with Gasteiger partial charge in [-0.1, -0.05) is 0 Å². The molecule has 2 unspecified atom stereocenters. The van der Waals surface area contributed by atoms with Crippen molar-refractivity contribution in [2.75, 3.05) is 6.61 Å². The lowest BCUT2D eigenvalue weighted by Crippen LogP contribution is -2.45. The van der Waals surface area contributed by atoms with Crippen molar-refractivity contribution in [1.82, 2.24) is 5.32 Å². The molecule has 0 aliphatic carbocycles. The highest BCUT2D eigenvalue weighted by Gasteiger charge is 2.37. The second kappa shape index (κ2) is 4.06. The summed E-state index contributed by atoms with van der Waals surface area (Å²) in [5.74, 6) is -0.726. The summed E-state index contributed by atoms with van der Waals surface area (Å²) in [6.07, 6.45) is -1.98. The largest absolute Gasteiger partial charge is 0.461 e. The highest BCUT2D eigenvalue weighted by Crippen LogP contribution is 2.10. The van der Waals surface area contributed by atoms with E-state index in [4.69, 9.17) is 4.74 Å². The first kappa shape index (κ1) is 11.8. The third-order valence-corrected chi connectivity index (χ3v) is 1.73. The Labute approximate surface area is 87.5 Å². The molecule has 1 amide bonds. The van der Waals surface area contributed by atoms with Crippen LogP contribution in [0.2, 0.25) is 0 Å². The average molecular weight is 217 g/mol. The van der Waals surface area contributed by atoms with E-state index in [0.29, 0.717) is 0 Å². The van der Waals surface area contributed by atoms with Crippen molar-refractivity contribution in [2.45, 2.75) is 38.5 Å². The normalized spacial score (nSPS) is 26.0. The molecule has 6 nitrogen and oxygen atoms in total. The van der Waals surface area contributed by atoms with Crippen molar-refractivity contribution < 1.29 is 24.2 Å². The molecule has 2 N–H and O–H groups in total. The number of alkyl carbamates (subject to hydrolysis) is 1. The van der Waals surface area contributed by atoms with E-state index in [1.54, 1.807) is 20.8 Å². The van der Waals surface area contributed by atoms with E-state index in [9.17, 15) is 14.7 Å². The van der Waals surface area contributed by atoms with Gasteiger partial charge in [0.15, 0.2) is 6.10 Å². The summed E-state index contributed by atoms with van der Waals surface area (Å²) >= 11 is 0. The second-order valence-electron chi connectivity index (χ2n) is 4.33. The van der Waals surface area contributed by atoms with Crippen LogP contribution in [0.1, 0.15) is 20.8 Å². The third kappa shape index (κ3) is 3.39. The van der Waals surface area contributed by atoms with Crippen LogP contribution in [0.4, 0.5) is 4.79 Å². The Hall–Kier alpha value is -1.30. The van der Waals surface area contributed by atoms with Gasteiger partial charge in [0.1, 0.15) is 18.2 Å². The molecule has 1 aliphatic heterocycles. The van der Waals surface area contributed by atoms with Crippen molar-refractivity contribution >= 4 is 12.1 Å². The molecule has 0 aromatic heterocycles. The summed E-state index contributed by atoms with van der Waals surface area (Å²) in [4.78, 5) is 22.0. The number of aliphatic hydroxyl groups is 1. The Kier molecular flexibility index (Phi) is 3.18. The molecule has 1 rings (SSSR count). The van der Waals surface area contributed by atoms with Gasteiger partial charge < -0.3 is 19.9 Å². The fourth-order valence-corrected chi connectivity index (χ4v) is 1.09. The van der Waals surface area contributed by atoms with E-state index in [1.807, 2.05) is 0 Å². The van der Waals surface area contributed by atoms with Crippen LogP contribution in [-0.2, 0) is 14.3 Å². The summed E-state index contributed by atoms with van der Waals surface area (Å²) < 4.78 is 9.50. The van der Waals surface area contributed by atoms with E-state index in [-0.39, 0.29) is 6.61 Å². The Morgan fingerprint density at radius 2 is 2.20 bits per heavy atom. The molecule has 0 bridgehead atoms. The highest BCUT2D eigenvalue weighted by atomic mass is 16.6. The Morgan fingerprint density at radius 3 is 2.60 bits per heavy atom. The summed E-state index contributed by atoms with van der Waals surface area (Å²) in [6, 6.07) is -0.729. The summed E-state index contributed by atoms with van der Waals surface area (Å²) in [5.41, 5.74) is -0.613. The van der Waals surface area contributed by atoms with Crippen molar-refractivity contribution in [1.29, 1.82) is 0 Å². The van der Waals surface area contributed by atoms with E-state index in [0.717, 1.165) is 0 Å². The van der Waals surface area contributed by atoms with Crippen LogP contribution < -0.4 is 5.32 Å². The molecule has 0 aromatic carbocycles.